The number of nitrogens with one attached hydrogen (secondary N) is 1. The highest BCUT2D eigenvalue weighted by atomic mass is 32.1. The van der Waals surface area contributed by atoms with E-state index in [0.717, 1.165) is 51.8 Å². The van der Waals surface area contributed by atoms with Gasteiger partial charge in [-0.25, -0.2) is 9.97 Å². The summed E-state index contributed by atoms with van der Waals surface area (Å²) < 4.78 is 1.13. The molecular formula is C23H21N5OS. The number of benzene rings is 1. The number of aromatic nitrogens is 3. The number of pyridine rings is 2. The summed E-state index contributed by atoms with van der Waals surface area (Å²) in [6.45, 7) is 4.08. The number of carbonyl (C=O) groups excluding carboxylic acids is 1. The van der Waals surface area contributed by atoms with Gasteiger partial charge in [-0.05, 0) is 42.3 Å². The molecule has 1 aromatic carbocycles. The van der Waals surface area contributed by atoms with Crippen molar-refractivity contribution in [3.8, 4) is 0 Å². The third-order valence-corrected chi connectivity index (χ3v) is 6.35. The minimum Gasteiger partial charge on any atom is -0.352 e. The van der Waals surface area contributed by atoms with E-state index in [1.807, 2.05) is 49.5 Å². The summed E-state index contributed by atoms with van der Waals surface area (Å²) in [7, 11) is 0. The summed E-state index contributed by atoms with van der Waals surface area (Å²) >= 11 is 1.60. The van der Waals surface area contributed by atoms with Crippen molar-refractivity contribution in [1.82, 2.24) is 20.3 Å². The van der Waals surface area contributed by atoms with Gasteiger partial charge in [0.1, 0.15) is 10.8 Å². The Morgan fingerprint density at radius 3 is 2.97 bits per heavy atom. The van der Waals surface area contributed by atoms with Crippen molar-refractivity contribution in [2.75, 3.05) is 11.4 Å². The van der Waals surface area contributed by atoms with E-state index in [2.05, 4.69) is 31.2 Å². The Kier molecular flexibility index (Phi) is 4.88. The van der Waals surface area contributed by atoms with E-state index in [4.69, 9.17) is 0 Å². The summed E-state index contributed by atoms with van der Waals surface area (Å²) in [6.07, 6.45) is 4.41. The summed E-state index contributed by atoms with van der Waals surface area (Å²) in [5.41, 5.74) is 4.93. The number of aryl methyl sites for hydroxylation is 1. The van der Waals surface area contributed by atoms with E-state index in [1.165, 1.54) is 5.56 Å². The fourth-order valence-electron chi connectivity index (χ4n) is 3.82. The zero-order chi connectivity index (χ0) is 20.5. The van der Waals surface area contributed by atoms with Crippen LogP contribution in [0.1, 0.15) is 32.2 Å². The molecule has 0 aliphatic carbocycles. The topological polar surface area (TPSA) is 71.0 Å². The average molecular weight is 416 g/mol. The molecule has 1 aliphatic heterocycles. The summed E-state index contributed by atoms with van der Waals surface area (Å²) in [6, 6.07) is 14.0. The minimum atomic E-state index is -0.135. The van der Waals surface area contributed by atoms with Crippen LogP contribution < -0.4 is 10.2 Å². The lowest BCUT2D eigenvalue weighted by Crippen LogP contribution is -2.32. The number of amides is 1. The molecule has 0 radical (unpaired) electrons. The number of thiazole rings is 1. The van der Waals surface area contributed by atoms with Crippen LogP contribution in [0.5, 0.6) is 0 Å². The van der Waals surface area contributed by atoms with Crippen LogP contribution in [0.15, 0.2) is 54.9 Å². The van der Waals surface area contributed by atoms with E-state index in [1.54, 1.807) is 17.5 Å². The largest absolute Gasteiger partial charge is 0.352 e. The zero-order valence-corrected chi connectivity index (χ0v) is 17.4. The molecule has 1 aliphatic rings. The molecule has 0 atom stereocenters. The molecule has 30 heavy (non-hydrogen) atoms. The Balaban J connectivity index is 1.27. The minimum absolute atomic E-state index is 0.135. The maximum absolute atomic E-state index is 12.6. The summed E-state index contributed by atoms with van der Waals surface area (Å²) in [5.74, 6) is 0.789. The van der Waals surface area contributed by atoms with E-state index in [-0.39, 0.29) is 5.91 Å². The molecule has 5 rings (SSSR count). The van der Waals surface area contributed by atoms with Gasteiger partial charge in [-0.2, -0.15) is 0 Å². The first-order valence-electron chi connectivity index (χ1n) is 9.94. The third-order valence-electron chi connectivity index (χ3n) is 5.31. The molecule has 4 heterocycles. The molecule has 1 amide bonds. The van der Waals surface area contributed by atoms with Crippen molar-refractivity contribution in [3.05, 3.63) is 82.3 Å². The highest BCUT2D eigenvalue weighted by Gasteiger charge is 2.20. The zero-order valence-electron chi connectivity index (χ0n) is 16.6. The molecule has 0 saturated heterocycles. The van der Waals surface area contributed by atoms with Gasteiger partial charge in [-0.3, -0.25) is 9.78 Å². The summed E-state index contributed by atoms with van der Waals surface area (Å²) in [5, 5.41) is 3.86. The Labute approximate surface area is 178 Å². The molecule has 0 saturated carbocycles. The Morgan fingerprint density at radius 2 is 2.10 bits per heavy atom. The number of para-hydroxylation sites is 1. The molecule has 0 unspecified atom stereocenters. The van der Waals surface area contributed by atoms with Crippen molar-refractivity contribution in [2.24, 2.45) is 0 Å². The van der Waals surface area contributed by atoms with Gasteiger partial charge in [0.25, 0.3) is 5.91 Å². The quantitative estimate of drug-likeness (QED) is 0.548. The number of carbonyl (C=O) groups is 1. The Hall–Kier alpha value is -3.32. The number of anilines is 1. The summed E-state index contributed by atoms with van der Waals surface area (Å²) in [4.78, 5) is 28.5. The van der Waals surface area contributed by atoms with E-state index >= 15 is 0 Å². The van der Waals surface area contributed by atoms with Crippen LogP contribution in [0.3, 0.4) is 0 Å². The van der Waals surface area contributed by atoms with Crippen molar-refractivity contribution in [2.45, 2.75) is 26.4 Å². The second-order valence-corrected chi connectivity index (χ2v) is 8.52. The second-order valence-electron chi connectivity index (χ2n) is 7.40. The molecule has 0 bridgehead atoms. The van der Waals surface area contributed by atoms with Crippen LogP contribution in [0, 0.1) is 6.92 Å². The monoisotopic (exact) mass is 415 g/mol. The maximum atomic E-state index is 12.6. The lowest BCUT2D eigenvalue weighted by molar-refractivity contribution is 0.0950. The second kappa shape index (κ2) is 7.84. The molecule has 0 spiro atoms. The maximum Gasteiger partial charge on any atom is 0.253 e. The number of hydrogen-bond donors (Lipinski definition) is 1. The predicted molar refractivity (Wildman–Crippen MR) is 119 cm³/mol. The Morgan fingerprint density at radius 1 is 1.20 bits per heavy atom. The van der Waals surface area contributed by atoms with E-state index in [9.17, 15) is 4.79 Å². The van der Waals surface area contributed by atoms with Crippen LogP contribution >= 0.6 is 11.3 Å². The first-order chi connectivity index (χ1) is 14.7. The van der Waals surface area contributed by atoms with Gasteiger partial charge in [0, 0.05) is 37.6 Å². The highest BCUT2D eigenvalue weighted by Crippen LogP contribution is 2.25. The number of nitrogens with zero attached hydrogens (tertiary/aromatic N) is 4. The van der Waals surface area contributed by atoms with Gasteiger partial charge < -0.3 is 10.2 Å². The van der Waals surface area contributed by atoms with Crippen LogP contribution in [0.2, 0.25) is 0 Å². The smallest absolute Gasteiger partial charge is 0.253 e. The third kappa shape index (κ3) is 3.64. The van der Waals surface area contributed by atoms with E-state index in [0.29, 0.717) is 12.1 Å². The Bertz CT molecular complexity index is 1200. The first kappa shape index (κ1) is 18.7. The number of fused-ring (bicyclic) bond motifs is 2. The lowest BCUT2D eigenvalue weighted by atomic mass is 10.0. The molecule has 7 heteroatoms. The fraction of sp³-hybridized carbons (Fsp3) is 0.217. The average Bonchev–Trinajstić information content (AvgIpc) is 3.20. The number of rotatable bonds is 4. The molecule has 150 valence electrons. The van der Waals surface area contributed by atoms with Crippen molar-refractivity contribution in [3.63, 3.8) is 0 Å². The lowest BCUT2D eigenvalue weighted by Gasteiger charge is -2.30. The van der Waals surface area contributed by atoms with Gasteiger partial charge in [0.15, 0.2) is 0 Å². The van der Waals surface area contributed by atoms with Gasteiger partial charge in [0.2, 0.25) is 0 Å². The van der Waals surface area contributed by atoms with Crippen LogP contribution in [-0.4, -0.2) is 27.4 Å². The molecule has 1 N–H and O–H groups in total. The SMILES string of the molecule is Cc1cc(C(=O)NCc2nc3ccccc3s2)cnc1N1CCc2ncccc2C1. The standard InChI is InChI=1S/C23H21N5OS/c1-15-11-17(23(29)26-13-21-27-19-6-2-3-7-20(19)30-21)12-25-22(15)28-10-8-18-16(14-28)5-4-9-24-18/h2-7,9,11-12H,8,10,13-14H2,1H3,(H,26,29). The molecule has 0 fully saturated rings. The van der Waals surface area contributed by atoms with Crippen molar-refractivity contribution in [1.29, 1.82) is 0 Å². The van der Waals surface area contributed by atoms with Gasteiger partial charge in [0.05, 0.1) is 22.3 Å². The highest BCUT2D eigenvalue weighted by molar-refractivity contribution is 7.18. The van der Waals surface area contributed by atoms with Crippen LogP contribution in [0.4, 0.5) is 5.82 Å². The first-order valence-corrected chi connectivity index (χ1v) is 10.8. The fourth-order valence-corrected chi connectivity index (χ4v) is 4.73. The predicted octanol–water partition coefficient (Wildman–Crippen LogP) is 3.89. The van der Waals surface area contributed by atoms with E-state index < -0.39 is 0 Å². The normalized spacial score (nSPS) is 13.3. The molecule has 6 nitrogen and oxygen atoms in total. The molecular weight excluding hydrogens is 394 g/mol. The number of hydrogen-bond acceptors (Lipinski definition) is 6. The van der Waals surface area contributed by atoms with Gasteiger partial charge in [-0.1, -0.05) is 18.2 Å². The van der Waals surface area contributed by atoms with Crippen LogP contribution in [0.25, 0.3) is 10.2 Å². The van der Waals surface area contributed by atoms with Crippen molar-refractivity contribution >= 4 is 33.3 Å². The molecule has 4 aromatic rings. The van der Waals surface area contributed by atoms with Crippen molar-refractivity contribution < 1.29 is 4.79 Å². The molecule has 3 aromatic heterocycles. The van der Waals surface area contributed by atoms with Gasteiger partial charge >= 0.3 is 0 Å². The van der Waals surface area contributed by atoms with Gasteiger partial charge in [-0.15, -0.1) is 11.3 Å². The van der Waals surface area contributed by atoms with Crippen LogP contribution in [-0.2, 0) is 19.5 Å².